The van der Waals surface area contributed by atoms with E-state index in [0.29, 0.717) is 6.61 Å². The number of ether oxygens (including phenoxy) is 1. The molecule has 1 aliphatic rings. The molecule has 0 aromatic rings. The molecule has 0 aromatic carbocycles. The highest BCUT2D eigenvalue weighted by atomic mass is 16.5. The predicted octanol–water partition coefficient (Wildman–Crippen LogP) is -0.651. The molecular weight excluding hydrogens is 218 g/mol. The van der Waals surface area contributed by atoms with Crippen LogP contribution in [-0.2, 0) is 4.74 Å². The van der Waals surface area contributed by atoms with E-state index in [2.05, 4.69) is 16.7 Å². The quantitative estimate of drug-likeness (QED) is 0.624. The Balaban J connectivity index is 2.39. The molecule has 17 heavy (non-hydrogen) atoms. The Morgan fingerprint density at radius 1 is 1.29 bits per heavy atom. The van der Waals surface area contributed by atoms with Gasteiger partial charge in [0.25, 0.3) is 0 Å². The van der Waals surface area contributed by atoms with E-state index in [1.807, 2.05) is 0 Å². The molecule has 5 heteroatoms. The largest absolute Gasteiger partial charge is 0.395 e. The van der Waals surface area contributed by atoms with Crippen molar-refractivity contribution >= 4 is 0 Å². The van der Waals surface area contributed by atoms with E-state index < -0.39 is 0 Å². The fourth-order valence-electron chi connectivity index (χ4n) is 2.46. The Morgan fingerprint density at radius 2 is 1.94 bits per heavy atom. The summed E-state index contributed by atoms with van der Waals surface area (Å²) in [7, 11) is 1.65. The smallest absolute Gasteiger partial charge is 0.0629 e. The van der Waals surface area contributed by atoms with Crippen LogP contribution in [0.4, 0.5) is 0 Å². The van der Waals surface area contributed by atoms with Crippen LogP contribution in [0, 0.1) is 0 Å². The van der Waals surface area contributed by atoms with Gasteiger partial charge < -0.3 is 20.5 Å². The number of rotatable bonds is 7. The van der Waals surface area contributed by atoms with Crippen LogP contribution in [0.1, 0.15) is 13.3 Å². The zero-order valence-corrected chi connectivity index (χ0v) is 11.1. The minimum atomic E-state index is -0.109. The Kier molecular flexibility index (Phi) is 6.99. The molecule has 1 aliphatic heterocycles. The van der Waals surface area contributed by atoms with E-state index in [0.717, 1.165) is 26.2 Å². The first-order chi connectivity index (χ1) is 8.22. The molecule has 102 valence electrons. The fraction of sp³-hybridized carbons (Fsp3) is 1.00. The number of methoxy groups -OCH3 is 1. The van der Waals surface area contributed by atoms with E-state index in [1.165, 1.54) is 13.0 Å². The van der Waals surface area contributed by atoms with E-state index in [1.54, 1.807) is 7.11 Å². The van der Waals surface area contributed by atoms with Crippen LogP contribution >= 0.6 is 0 Å². The summed E-state index contributed by atoms with van der Waals surface area (Å²) in [5, 5.41) is 9.45. The van der Waals surface area contributed by atoms with Gasteiger partial charge in [0.15, 0.2) is 0 Å². The normalized spacial score (nSPS) is 22.6. The minimum absolute atomic E-state index is 0.0266. The summed E-state index contributed by atoms with van der Waals surface area (Å²) in [5.41, 5.74) is 6.02. The van der Waals surface area contributed by atoms with Crippen molar-refractivity contribution in [2.75, 3.05) is 53.0 Å². The van der Waals surface area contributed by atoms with Crippen molar-refractivity contribution in [3.8, 4) is 0 Å². The number of nitrogens with two attached hydrogens (primary N) is 1. The Morgan fingerprint density at radius 3 is 2.41 bits per heavy atom. The molecule has 0 aliphatic carbocycles. The maximum Gasteiger partial charge on any atom is 0.0629 e. The summed E-state index contributed by atoms with van der Waals surface area (Å²) in [6, 6.07) is -0.0820. The molecule has 0 spiro atoms. The van der Waals surface area contributed by atoms with Crippen molar-refractivity contribution in [1.29, 1.82) is 0 Å². The van der Waals surface area contributed by atoms with E-state index >= 15 is 0 Å². The lowest BCUT2D eigenvalue weighted by molar-refractivity contribution is 0.0359. The second-order valence-electron chi connectivity index (χ2n) is 4.75. The Bertz CT molecular complexity index is 196. The topological polar surface area (TPSA) is 62.0 Å². The summed E-state index contributed by atoms with van der Waals surface area (Å²) in [6.07, 6.45) is 1.20. The highest BCUT2D eigenvalue weighted by Crippen LogP contribution is 2.09. The average molecular weight is 245 g/mol. The third-order valence-electron chi connectivity index (χ3n) is 3.46. The van der Waals surface area contributed by atoms with Gasteiger partial charge in [-0.15, -0.1) is 0 Å². The molecule has 0 radical (unpaired) electrons. The van der Waals surface area contributed by atoms with Gasteiger partial charge in [-0.25, -0.2) is 0 Å². The van der Waals surface area contributed by atoms with Gasteiger partial charge in [0.05, 0.1) is 19.3 Å². The van der Waals surface area contributed by atoms with Gasteiger partial charge in [0, 0.05) is 39.3 Å². The first-order valence-corrected chi connectivity index (χ1v) is 6.54. The van der Waals surface area contributed by atoms with Crippen molar-refractivity contribution in [1.82, 2.24) is 9.80 Å². The standard InChI is InChI=1S/C12H27N3O2/c1-3-4-14-5-7-15(8-6-14)12(9-16)11(13)10-17-2/h11-12,16H,3-10,13H2,1-2H3. The highest BCUT2D eigenvalue weighted by molar-refractivity contribution is 4.85. The molecule has 1 fully saturated rings. The number of aliphatic hydroxyl groups is 1. The van der Waals surface area contributed by atoms with Crippen LogP contribution in [0.5, 0.6) is 0 Å². The molecule has 2 atom stereocenters. The lowest BCUT2D eigenvalue weighted by atomic mass is 10.1. The first kappa shape index (κ1) is 14.9. The van der Waals surface area contributed by atoms with Crippen LogP contribution in [0.15, 0.2) is 0 Å². The molecule has 5 nitrogen and oxygen atoms in total. The molecule has 0 amide bonds. The average Bonchev–Trinajstić information content (AvgIpc) is 2.33. The third kappa shape index (κ3) is 4.52. The molecule has 1 saturated heterocycles. The molecule has 0 saturated carbocycles. The summed E-state index contributed by atoms with van der Waals surface area (Å²) >= 11 is 0. The SMILES string of the molecule is CCCN1CCN(C(CO)C(N)COC)CC1. The molecular formula is C12H27N3O2. The van der Waals surface area contributed by atoms with Crippen LogP contribution in [0.2, 0.25) is 0 Å². The molecule has 1 heterocycles. The second kappa shape index (κ2) is 8.00. The predicted molar refractivity (Wildman–Crippen MR) is 69.0 cm³/mol. The van der Waals surface area contributed by atoms with Crippen LogP contribution in [-0.4, -0.2) is 80.0 Å². The summed E-state index contributed by atoms with van der Waals surface area (Å²) in [5.74, 6) is 0. The number of hydrogen-bond acceptors (Lipinski definition) is 5. The number of nitrogens with zero attached hydrogens (tertiary/aromatic N) is 2. The van der Waals surface area contributed by atoms with Gasteiger partial charge in [-0.1, -0.05) is 6.92 Å². The monoisotopic (exact) mass is 245 g/mol. The van der Waals surface area contributed by atoms with Crippen LogP contribution in [0.25, 0.3) is 0 Å². The number of aliphatic hydroxyl groups excluding tert-OH is 1. The maximum absolute atomic E-state index is 9.45. The molecule has 0 bridgehead atoms. The Labute approximate surface area is 105 Å². The Hall–Kier alpha value is -0.200. The zero-order chi connectivity index (χ0) is 12.7. The van der Waals surface area contributed by atoms with Crippen LogP contribution < -0.4 is 5.73 Å². The van der Waals surface area contributed by atoms with Crippen molar-refractivity contribution in [3.05, 3.63) is 0 Å². The maximum atomic E-state index is 9.45. The summed E-state index contributed by atoms with van der Waals surface area (Å²) < 4.78 is 5.06. The number of hydrogen-bond donors (Lipinski definition) is 2. The first-order valence-electron chi connectivity index (χ1n) is 6.54. The van der Waals surface area contributed by atoms with Gasteiger partial charge in [-0.2, -0.15) is 0 Å². The van der Waals surface area contributed by atoms with Gasteiger partial charge in [0.2, 0.25) is 0 Å². The lowest BCUT2D eigenvalue weighted by Gasteiger charge is -2.40. The number of piperazine rings is 1. The van der Waals surface area contributed by atoms with Crippen molar-refractivity contribution in [3.63, 3.8) is 0 Å². The lowest BCUT2D eigenvalue weighted by Crippen LogP contribution is -2.58. The molecule has 3 N–H and O–H groups in total. The minimum Gasteiger partial charge on any atom is -0.395 e. The van der Waals surface area contributed by atoms with Gasteiger partial charge in [-0.3, -0.25) is 4.90 Å². The molecule has 1 rings (SSSR count). The molecule has 2 unspecified atom stereocenters. The van der Waals surface area contributed by atoms with E-state index in [4.69, 9.17) is 10.5 Å². The van der Waals surface area contributed by atoms with E-state index in [-0.39, 0.29) is 18.7 Å². The van der Waals surface area contributed by atoms with Crippen molar-refractivity contribution in [2.24, 2.45) is 5.73 Å². The molecule has 0 aromatic heterocycles. The summed E-state index contributed by atoms with van der Waals surface area (Å²) in [4.78, 5) is 4.75. The van der Waals surface area contributed by atoms with Crippen molar-refractivity contribution < 1.29 is 9.84 Å². The fourth-order valence-corrected chi connectivity index (χ4v) is 2.46. The van der Waals surface area contributed by atoms with Gasteiger partial charge in [0.1, 0.15) is 0 Å². The third-order valence-corrected chi connectivity index (χ3v) is 3.46. The van der Waals surface area contributed by atoms with Gasteiger partial charge >= 0.3 is 0 Å². The van der Waals surface area contributed by atoms with Crippen LogP contribution in [0.3, 0.4) is 0 Å². The second-order valence-corrected chi connectivity index (χ2v) is 4.75. The van der Waals surface area contributed by atoms with Crippen molar-refractivity contribution in [2.45, 2.75) is 25.4 Å². The summed E-state index contributed by atoms with van der Waals surface area (Å²) in [6.45, 7) is 8.11. The highest BCUT2D eigenvalue weighted by Gasteiger charge is 2.27. The van der Waals surface area contributed by atoms with E-state index in [9.17, 15) is 5.11 Å². The van der Waals surface area contributed by atoms with Gasteiger partial charge in [-0.05, 0) is 13.0 Å². The zero-order valence-electron chi connectivity index (χ0n) is 11.1.